The molecule has 1 fully saturated rings. The number of rotatable bonds is 10. The van der Waals surface area contributed by atoms with Crippen LogP contribution in [0.3, 0.4) is 0 Å². The summed E-state index contributed by atoms with van der Waals surface area (Å²) in [6.45, 7) is -1.72. The minimum Gasteiger partial charge on any atom is -0.482 e. The van der Waals surface area contributed by atoms with Crippen molar-refractivity contribution in [1.29, 1.82) is 0 Å². The van der Waals surface area contributed by atoms with E-state index in [0.29, 0.717) is 48.0 Å². The fraction of sp³-hybridized carbons (Fsp3) is 0.300. The summed E-state index contributed by atoms with van der Waals surface area (Å²) in [5.74, 6) is -0.342. The van der Waals surface area contributed by atoms with Gasteiger partial charge in [0, 0.05) is 30.2 Å². The van der Waals surface area contributed by atoms with E-state index in [1.165, 1.54) is 4.57 Å². The molecule has 1 aliphatic rings. The monoisotopic (exact) mass is 601 g/mol. The van der Waals surface area contributed by atoms with Crippen LogP contribution in [0.1, 0.15) is 24.4 Å². The number of piperidine rings is 1. The van der Waals surface area contributed by atoms with E-state index >= 15 is 4.39 Å². The van der Waals surface area contributed by atoms with Gasteiger partial charge in [-0.05, 0) is 60.9 Å². The van der Waals surface area contributed by atoms with Crippen LogP contribution >= 0.6 is 11.6 Å². The zero-order chi connectivity index (χ0) is 29.8. The molecule has 0 unspecified atom stereocenters. The van der Waals surface area contributed by atoms with Crippen LogP contribution in [0.2, 0.25) is 5.02 Å². The normalized spacial score (nSPS) is 14.0. The molecule has 1 amide bonds. The van der Waals surface area contributed by atoms with Gasteiger partial charge in [0.25, 0.3) is 5.56 Å². The van der Waals surface area contributed by atoms with E-state index in [0.717, 1.165) is 23.1 Å². The summed E-state index contributed by atoms with van der Waals surface area (Å²) >= 11 is 5.92. The SMILES string of the molecule is O=CN1CCC(n2c(=O)n(Cc3ccc(Oc4ccc(Cl)cc4)cc3)c(=O)c3cc(OC(CF)CF)c(F)cc32)CC1. The van der Waals surface area contributed by atoms with Gasteiger partial charge in [-0.1, -0.05) is 23.7 Å². The number of aromatic nitrogens is 2. The predicted octanol–water partition coefficient (Wildman–Crippen LogP) is 5.28. The summed E-state index contributed by atoms with van der Waals surface area (Å²) in [5.41, 5.74) is -0.691. The number of alkyl halides is 2. The van der Waals surface area contributed by atoms with Crippen LogP contribution in [-0.2, 0) is 11.3 Å². The molecule has 2 heterocycles. The van der Waals surface area contributed by atoms with Crippen molar-refractivity contribution in [3.63, 3.8) is 0 Å². The average molecular weight is 602 g/mol. The molecule has 0 radical (unpaired) electrons. The Morgan fingerprint density at radius 1 is 0.952 bits per heavy atom. The Morgan fingerprint density at radius 2 is 1.57 bits per heavy atom. The summed E-state index contributed by atoms with van der Waals surface area (Å²) in [6, 6.07) is 15.3. The van der Waals surface area contributed by atoms with E-state index in [9.17, 15) is 23.2 Å². The van der Waals surface area contributed by atoms with Gasteiger partial charge in [0.05, 0.1) is 17.4 Å². The molecule has 1 aliphatic heterocycles. The first-order chi connectivity index (χ1) is 20.3. The first-order valence-corrected chi connectivity index (χ1v) is 13.7. The summed E-state index contributed by atoms with van der Waals surface area (Å²) < 4.78 is 54.7. The Balaban J connectivity index is 1.54. The third-order valence-corrected chi connectivity index (χ3v) is 7.44. The van der Waals surface area contributed by atoms with E-state index in [-0.39, 0.29) is 17.4 Å². The standard InChI is InChI=1S/C30H27ClF3N3O5/c31-20-3-7-23(8-4-20)41-22-5-1-19(2-6-22)17-36-29(39)25-13-28(42-24(15-32)16-33)26(34)14-27(25)37(30(36)40)21-9-11-35(18-38)12-10-21/h1-8,13-14,18,21,24H,9-12,15-17H2. The minimum absolute atomic E-state index is 0.0389. The van der Waals surface area contributed by atoms with Crippen LogP contribution in [0.25, 0.3) is 10.9 Å². The highest BCUT2D eigenvalue weighted by atomic mass is 35.5. The quantitative estimate of drug-likeness (QED) is 0.231. The molecule has 4 aromatic rings. The Morgan fingerprint density at radius 3 is 2.17 bits per heavy atom. The van der Waals surface area contributed by atoms with Crippen molar-refractivity contribution in [2.75, 3.05) is 26.4 Å². The van der Waals surface area contributed by atoms with Crippen molar-refractivity contribution < 1.29 is 27.4 Å². The molecule has 0 N–H and O–H groups in total. The molecular formula is C30H27ClF3N3O5. The number of carbonyl (C=O) groups excluding carboxylic acids is 1. The third-order valence-electron chi connectivity index (χ3n) is 7.19. The van der Waals surface area contributed by atoms with E-state index < -0.39 is 48.3 Å². The predicted molar refractivity (Wildman–Crippen MR) is 152 cm³/mol. The lowest BCUT2D eigenvalue weighted by atomic mass is 10.0. The van der Waals surface area contributed by atoms with Gasteiger partial charge in [0.15, 0.2) is 17.7 Å². The van der Waals surface area contributed by atoms with Crippen molar-refractivity contribution in [3.8, 4) is 17.2 Å². The second-order valence-corrected chi connectivity index (χ2v) is 10.4. The van der Waals surface area contributed by atoms with Crippen LogP contribution in [0.5, 0.6) is 17.2 Å². The molecule has 0 saturated carbocycles. The van der Waals surface area contributed by atoms with Gasteiger partial charge in [0.2, 0.25) is 6.41 Å². The number of ether oxygens (including phenoxy) is 2. The molecule has 0 spiro atoms. The molecule has 220 valence electrons. The Hall–Kier alpha value is -4.25. The Labute approximate surface area is 243 Å². The van der Waals surface area contributed by atoms with E-state index in [4.69, 9.17) is 21.1 Å². The number of hydrogen-bond donors (Lipinski definition) is 0. The Kier molecular flexibility index (Phi) is 8.86. The summed E-state index contributed by atoms with van der Waals surface area (Å²) in [4.78, 5) is 40.3. The number of benzene rings is 3. The van der Waals surface area contributed by atoms with Crippen molar-refractivity contribution in [3.05, 3.63) is 97.9 Å². The first-order valence-electron chi connectivity index (χ1n) is 13.3. The van der Waals surface area contributed by atoms with Gasteiger partial charge in [-0.25, -0.2) is 18.0 Å². The molecular weight excluding hydrogens is 575 g/mol. The van der Waals surface area contributed by atoms with Gasteiger partial charge < -0.3 is 14.4 Å². The van der Waals surface area contributed by atoms with E-state index in [1.807, 2.05) is 0 Å². The van der Waals surface area contributed by atoms with Gasteiger partial charge in [-0.15, -0.1) is 0 Å². The molecule has 12 heteroatoms. The average Bonchev–Trinajstić information content (AvgIpc) is 3.01. The number of nitrogens with zero attached hydrogens (tertiary/aromatic N) is 3. The molecule has 8 nitrogen and oxygen atoms in total. The van der Waals surface area contributed by atoms with Crippen molar-refractivity contribution in [2.45, 2.75) is 31.5 Å². The van der Waals surface area contributed by atoms with Crippen LogP contribution in [0.4, 0.5) is 13.2 Å². The number of carbonyl (C=O) groups is 1. The maximum absolute atomic E-state index is 15.1. The summed E-state index contributed by atoms with van der Waals surface area (Å²) in [6.07, 6.45) is 0.0162. The van der Waals surface area contributed by atoms with Crippen LogP contribution < -0.4 is 20.7 Å². The summed E-state index contributed by atoms with van der Waals surface area (Å²) in [7, 11) is 0. The number of fused-ring (bicyclic) bond motifs is 1. The van der Waals surface area contributed by atoms with Crippen molar-refractivity contribution in [2.24, 2.45) is 0 Å². The lowest BCUT2D eigenvalue weighted by Crippen LogP contribution is -2.44. The number of hydrogen-bond acceptors (Lipinski definition) is 5. The van der Waals surface area contributed by atoms with Crippen LogP contribution in [-0.4, -0.2) is 53.0 Å². The van der Waals surface area contributed by atoms with E-state index in [1.54, 1.807) is 53.4 Å². The van der Waals surface area contributed by atoms with Crippen LogP contribution in [0, 0.1) is 5.82 Å². The zero-order valence-electron chi connectivity index (χ0n) is 22.4. The zero-order valence-corrected chi connectivity index (χ0v) is 23.1. The van der Waals surface area contributed by atoms with E-state index in [2.05, 4.69) is 0 Å². The largest absolute Gasteiger partial charge is 0.482 e. The molecule has 0 aliphatic carbocycles. The molecule has 5 rings (SSSR count). The second-order valence-electron chi connectivity index (χ2n) is 9.96. The smallest absolute Gasteiger partial charge is 0.332 e. The van der Waals surface area contributed by atoms with Gasteiger partial charge in [-0.2, -0.15) is 0 Å². The highest BCUT2D eigenvalue weighted by Gasteiger charge is 2.26. The molecule has 0 bridgehead atoms. The fourth-order valence-electron chi connectivity index (χ4n) is 4.98. The molecule has 3 aromatic carbocycles. The number of amides is 1. The molecule has 1 saturated heterocycles. The number of halogens is 4. The summed E-state index contributed by atoms with van der Waals surface area (Å²) in [5, 5.41) is 0.535. The highest BCUT2D eigenvalue weighted by molar-refractivity contribution is 6.30. The van der Waals surface area contributed by atoms with Crippen molar-refractivity contribution >= 4 is 28.9 Å². The topological polar surface area (TPSA) is 82.8 Å². The lowest BCUT2D eigenvalue weighted by molar-refractivity contribution is -0.119. The minimum atomic E-state index is -1.54. The van der Waals surface area contributed by atoms with Crippen molar-refractivity contribution in [1.82, 2.24) is 14.0 Å². The lowest BCUT2D eigenvalue weighted by Gasteiger charge is -2.31. The maximum atomic E-state index is 15.1. The molecule has 0 atom stereocenters. The van der Waals surface area contributed by atoms with Gasteiger partial charge in [-0.3, -0.25) is 18.7 Å². The third kappa shape index (κ3) is 6.15. The molecule has 1 aromatic heterocycles. The Bertz CT molecular complexity index is 1680. The second kappa shape index (κ2) is 12.7. The number of likely N-dealkylation sites (tertiary alicyclic amines) is 1. The van der Waals surface area contributed by atoms with Gasteiger partial charge in [0.1, 0.15) is 24.8 Å². The van der Waals surface area contributed by atoms with Gasteiger partial charge >= 0.3 is 5.69 Å². The van der Waals surface area contributed by atoms with Crippen LogP contribution in [0.15, 0.2) is 70.3 Å². The fourth-order valence-corrected chi connectivity index (χ4v) is 5.10. The highest BCUT2D eigenvalue weighted by Crippen LogP contribution is 2.29. The first kappa shape index (κ1) is 29.2. The molecule has 42 heavy (non-hydrogen) atoms. The maximum Gasteiger partial charge on any atom is 0.332 e.